The van der Waals surface area contributed by atoms with Crippen molar-refractivity contribution in [1.82, 2.24) is 0 Å². The number of benzene rings is 9. The molecule has 0 N–H and O–H groups in total. The number of hydrogen-bond acceptors (Lipinski definition) is 3. The summed E-state index contributed by atoms with van der Waals surface area (Å²) in [6.45, 7) is 13.7. The van der Waals surface area contributed by atoms with Gasteiger partial charge in [0, 0.05) is 51.0 Å². The van der Waals surface area contributed by atoms with E-state index < -0.39 is 0 Å². The molecule has 0 saturated heterocycles. The van der Waals surface area contributed by atoms with Crippen molar-refractivity contribution in [3.05, 3.63) is 234 Å². The Hall–Kier alpha value is -7.88. The summed E-state index contributed by atoms with van der Waals surface area (Å²) in [6.07, 6.45) is 9.71. The first kappa shape index (κ1) is 43.4. The maximum Gasteiger partial charge on any atom is 0.137 e. The topological polar surface area (TPSA) is 19.6 Å². The highest BCUT2D eigenvalue weighted by Crippen LogP contribution is 2.46. The van der Waals surface area contributed by atoms with Crippen LogP contribution in [0.1, 0.15) is 82.2 Å². The van der Waals surface area contributed by atoms with Gasteiger partial charge in [-0.1, -0.05) is 151 Å². The second-order valence-corrected chi connectivity index (χ2v) is 21.4. The molecule has 0 saturated carbocycles. The molecule has 0 spiro atoms. The normalized spacial score (nSPS) is 13.4. The number of allylic oxidation sites excluding steroid dienone is 4. The molecule has 0 radical (unpaired) electrons. The van der Waals surface area contributed by atoms with E-state index >= 15 is 0 Å². The molecule has 3 heteroatoms. The molecule has 70 heavy (non-hydrogen) atoms. The molecule has 1 aromatic heterocycles. The van der Waals surface area contributed by atoms with Crippen LogP contribution in [0.4, 0.5) is 34.1 Å². The smallest absolute Gasteiger partial charge is 0.137 e. The molecule has 10 aromatic rings. The fourth-order valence-corrected chi connectivity index (χ4v) is 10.7. The van der Waals surface area contributed by atoms with Crippen LogP contribution in [0, 0.1) is 0 Å². The zero-order chi connectivity index (χ0) is 47.7. The van der Waals surface area contributed by atoms with Crippen LogP contribution in [-0.2, 0) is 17.3 Å². The van der Waals surface area contributed by atoms with Crippen LogP contribution in [0.3, 0.4) is 0 Å². The average molecular weight is 907 g/mol. The molecule has 12 rings (SSSR count). The summed E-state index contributed by atoms with van der Waals surface area (Å²) in [5, 5.41) is 4.68. The molecule has 0 atom stereocenters. The quantitative estimate of drug-likeness (QED) is 0.151. The van der Waals surface area contributed by atoms with Crippen LogP contribution in [-0.4, -0.2) is 0 Å². The third-order valence-corrected chi connectivity index (χ3v) is 14.6. The Balaban J connectivity index is 0.895. The van der Waals surface area contributed by atoms with Gasteiger partial charge in [-0.25, -0.2) is 0 Å². The molecule has 3 nitrogen and oxygen atoms in total. The monoisotopic (exact) mass is 906 g/mol. The predicted octanol–water partition coefficient (Wildman–Crippen LogP) is 19.2. The molecular weight excluding hydrogens is 849 g/mol. The van der Waals surface area contributed by atoms with Gasteiger partial charge in [-0.05, 0) is 188 Å². The predicted molar refractivity (Wildman–Crippen MR) is 298 cm³/mol. The lowest BCUT2D eigenvalue weighted by Crippen LogP contribution is -2.14. The van der Waals surface area contributed by atoms with Crippen LogP contribution in [0.5, 0.6) is 0 Å². The number of fused-ring (bicyclic) bond motifs is 7. The van der Waals surface area contributed by atoms with Gasteiger partial charge in [-0.3, -0.25) is 0 Å². The van der Waals surface area contributed by atoms with Crippen LogP contribution >= 0.6 is 0 Å². The first-order valence-electron chi connectivity index (χ1n) is 24.9. The van der Waals surface area contributed by atoms with Crippen molar-refractivity contribution in [2.45, 2.75) is 71.6 Å². The largest absolute Gasteiger partial charge is 0.456 e. The van der Waals surface area contributed by atoms with Gasteiger partial charge in [-0.2, -0.15) is 0 Å². The number of furan rings is 1. The first-order chi connectivity index (χ1) is 33.9. The van der Waals surface area contributed by atoms with Gasteiger partial charge in [0.05, 0.1) is 0 Å². The van der Waals surface area contributed by atoms with E-state index in [0.717, 1.165) is 75.3 Å². The second-order valence-electron chi connectivity index (χ2n) is 21.4. The highest BCUT2D eigenvalue weighted by molar-refractivity contribution is 6.11. The summed E-state index contributed by atoms with van der Waals surface area (Å²) < 4.78 is 6.83. The van der Waals surface area contributed by atoms with Crippen molar-refractivity contribution in [2.75, 3.05) is 9.80 Å². The summed E-state index contributed by atoms with van der Waals surface area (Å²) in [4.78, 5) is 4.77. The summed E-state index contributed by atoms with van der Waals surface area (Å²) in [7, 11) is 0. The Kier molecular flexibility index (Phi) is 10.5. The summed E-state index contributed by atoms with van der Waals surface area (Å²) in [6, 6.07) is 69.9. The van der Waals surface area contributed by atoms with E-state index in [-0.39, 0.29) is 10.8 Å². The van der Waals surface area contributed by atoms with E-state index in [1.54, 1.807) is 0 Å². The molecule has 2 aliphatic carbocycles. The highest BCUT2D eigenvalue weighted by atomic mass is 16.3. The number of anilines is 6. The van der Waals surface area contributed by atoms with Crippen molar-refractivity contribution >= 4 is 72.4 Å². The highest BCUT2D eigenvalue weighted by Gasteiger charge is 2.25. The van der Waals surface area contributed by atoms with E-state index in [1.165, 1.54) is 66.4 Å². The summed E-state index contributed by atoms with van der Waals surface area (Å²) >= 11 is 0. The molecule has 2 aliphatic rings. The van der Waals surface area contributed by atoms with Crippen LogP contribution in [0.25, 0.3) is 60.5 Å². The second kappa shape index (κ2) is 17.0. The van der Waals surface area contributed by atoms with Gasteiger partial charge in [0.15, 0.2) is 0 Å². The van der Waals surface area contributed by atoms with Crippen molar-refractivity contribution in [3.8, 4) is 22.3 Å². The first-order valence-corrected chi connectivity index (χ1v) is 24.9. The van der Waals surface area contributed by atoms with E-state index in [4.69, 9.17) is 4.42 Å². The molecule has 0 bridgehead atoms. The third kappa shape index (κ3) is 7.99. The Morgan fingerprint density at radius 3 is 1.70 bits per heavy atom. The van der Waals surface area contributed by atoms with Gasteiger partial charge in [-0.15, -0.1) is 0 Å². The van der Waals surface area contributed by atoms with E-state index in [2.05, 4.69) is 258 Å². The summed E-state index contributed by atoms with van der Waals surface area (Å²) in [5.74, 6) is 0. The Bertz CT molecular complexity index is 3670. The fourth-order valence-electron chi connectivity index (χ4n) is 10.7. The summed E-state index contributed by atoms with van der Waals surface area (Å²) in [5.41, 5.74) is 21.6. The maximum absolute atomic E-state index is 6.83. The van der Waals surface area contributed by atoms with Gasteiger partial charge >= 0.3 is 0 Å². The Morgan fingerprint density at radius 1 is 0.414 bits per heavy atom. The fraction of sp³-hybridized carbons (Fsp3) is 0.164. The Morgan fingerprint density at radius 2 is 1.00 bits per heavy atom. The van der Waals surface area contributed by atoms with Crippen molar-refractivity contribution < 1.29 is 4.42 Å². The third-order valence-electron chi connectivity index (χ3n) is 14.6. The Labute approximate surface area is 412 Å². The van der Waals surface area contributed by atoms with Crippen molar-refractivity contribution in [3.63, 3.8) is 0 Å². The lowest BCUT2D eigenvalue weighted by Gasteiger charge is -2.28. The van der Waals surface area contributed by atoms with Gasteiger partial charge in [0.25, 0.3) is 0 Å². The molecule has 9 aromatic carbocycles. The molecule has 0 unspecified atom stereocenters. The van der Waals surface area contributed by atoms with E-state index in [9.17, 15) is 0 Å². The van der Waals surface area contributed by atoms with Gasteiger partial charge < -0.3 is 14.2 Å². The molecule has 1 heterocycles. The molecular formula is C67H58N2O. The molecule has 0 fully saturated rings. The van der Waals surface area contributed by atoms with Gasteiger partial charge in [0.1, 0.15) is 11.2 Å². The number of hydrogen-bond donors (Lipinski definition) is 0. The van der Waals surface area contributed by atoms with Crippen LogP contribution < -0.4 is 9.80 Å². The average Bonchev–Trinajstić information content (AvgIpc) is 3.92. The van der Waals surface area contributed by atoms with E-state index in [0.29, 0.717) is 0 Å². The minimum Gasteiger partial charge on any atom is -0.456 e. The van der Waals surface area contributed by atoms with Crippen LogP contribution in [0.2, 0.25) is 0 Å². The maximum atomic E-state index is 6.83. The number of rotatable bonds is 8. The van der Waals surface area contributed by atoms with Crippen LogP contribution in [0.15, 0.2) is 211 Å². The van der Waals surface area contributed by atoms with E-state index in [1.807, 2.05) is 0 Å². The molecule has 342 valence electrons. The van der Waals surface area contributed by atoms with Crippen molar-refractivity contribution in [2.24, 2.45) is 0 Å². The van der Waals surface area contributed by atoms with Crippen molar-refractivity contribution in [1.29, 1.82) is 0 Å². The molecule has 0 amide bonds. The van der Waals surface area contributed by atoms with Gasteiger partial charge in [0.2, 0.25) is 0 Å². The minimum absolute atomic E-state index is 0.0135. The lowest BCUT2D eigenvalue weighted by atomic mass is 9.87. The SMILES string of the molecule is CC(C)(C)c1ccc(N(c2ccc(-c3ccccc3)cc2)c2ccc3c(c2)Cc2cc4cc5c(cc4cc2-3)oc2cc(N(c3ccc(C4=CC=CCC4)cc3)c3cccc(C(C)(C)C)c3)ccc25)cc1. The zero-order valence-electron chi connectivity index (χ0n) is 41.1. The lowest BCUT2D eigenvalue weighted by molar-refractivity contribution is 0.590. The minimum atomic E-state index is 0.0135. The zero-order valence-corrected chi connectivity index (χ0v) is 41.1. The molecule has 0 aliphatic heterocycles. The number of nitrogens with zero attached hydrogens (tertiary/aromatic N) is 2. The standard InChI is InChI=1S/C67H58N2O/c1-66(2,3)52-24-30-56(31-25-52)68(54-26-20-46(21-27-54)44-14-9-7-10-15-44)58-32-34-60-51(38-58)37-50-36-48-40-63-61-35-33-59(43-65(61)70-64(63)41-49(48)39-62(50)60)69(57-19-13-18-53(42-57)67(4,5)6)55-28-22-47(23-29-55)45-16-11-8-12-17-45/h7-11,13-16,18-36,38-43H,12,17,37H2,1-6H3.